The minimum Gasteiger partial charge on any atom is -0.382 e. The number of amides is 1. The third-order valence-corrected chi connectivity index (χ3v) is 5.06. The van der Waals surface area contributed by atoms with Crippen LogP contribution in [0.3, 0.4) is 0 Å². The van der Waals surface area contributed by atoms with E-state index in [4.69, 9.17) is 9.47 Å². The summed E-state index contributed by atoms with van der Waals surface area (Å²) in [4.78, 5) is 16.0. The molecule has 5 heteroatoms. The maximum Gasteiger partial charge on any atom is 0.249 e. The monoisotopic (exact) mass is 331 g/mol. The van der Waals surface area contributed by atoms with Crippen molar-refractivity contribution in [2.45, 2.75) is 12.5 Å². The van der Waals surface area contributed by atoms with Crippen LogP contribution in [0.1, 0.15) is 22.0 Å². The number of fused-ring (bicyclic) bond motifs is 1. The summed E-state index contributed by atoms with van der Waals surface area (Å²) in [6.45, 7) is 1.78. The molecular weight excluding hydrogens is 310 g/mol. The number of methoxy groups -OCH3 is 1. The molecule has 0 saturated carbocycles. The van der Waals surface area contributed by atoms with Gasteiger partial charge in [0.05, 0.1) is 19.3 Å². The Labute approximate surface area is 140 Å². The lowest BCUT2D eigenvalue weighted by Crippen LogP contribution is -2.42. The molecule has 3 rings (SSSR count). The van der Waals surface area contributed by atoms with Crippen LogP contribution in [0.5, 0.6) is 0 Å². The Kier molecular flexibility index (Phi) is 5.43. The molecule has 4 nitrogen and oxygen atoms in total. The molecule has 0 aliphatic carbocycles. The van der Waals surface area contributed by atoms with E-state index in [1.165, 1.54) is 10.4 Å². The van der Waals surface area contributed by atoms with Gasteiger partial charge in [-0.3, -0.25) is 4.79 Å². The molecule has 1 aromatic carbocycles. The first-order valence-corrected chi connectivity index (χ1v) is 8.66. The topological polar surface area (TPSA) is 38.8 Å². The summed E-state index contributed by atoms with van der Waals surface area (Å²) in [5.41, 5.74) is 2.40. The molecule has 0 radical (unpaired) electrons. The zero-order valence-corrected chi connectivity index (χ0v) is 14.1. The first-order chi connectivity index (χ1) is 11.3. The van der Waals surface area contributed by atoms with Crippen LogP contribution in [-0.2, 0) is 20.7 Å². The molecule has 0 N–H and O–H groups in total. The van der Waals surface area contributed by atoms with Gasteiger partial charge in [0.25, 0.3) is 0 Å². The third-order valence-electron chi connectivity index (χ3n) is 4.06. The summed E-state index contributed by atoms with van der Waals surface area (Å²) in [7, 11) is 1.62. The summed E-state index contributed by atoms with van der Waals surface area (Å²) >= 11 is 1.78. The zero-order chi connectivity index (χ0) is 16.1. The average molecular weight is 331 g/mol. The van der Waals surface area contributed by atoms with E-state index >= 15 is 0 Å². The maximum absolute atomic E-state index is 12.6. The fourth-order valence-corrected chi connectivity index (χ4v) is 3.87. The summed E-state index contributed by atoms with van der Waals surface area (Å²) in [5.74, 6) is 0.0341. The van der Waals surface area contributed by atoms with Crippen molar-refractivity contribution in [1.29, 1.82) is 0 Å². The van der Waals surface area contributed by atoms with Crippen molar-refractivity contribution in [1.82, 2.24) is 4.90 Å². The molecule has 1 unspecified atom stereocenters. The van der Waals surface area contributed by atoms with E-state index in [2.05, 4.69) is 23.6 Å². The number of rotatable bonds is 6. The van der Waals surface area contributed by atoms with Gasteiger partial charge in [-0.1, -0.05) is 30.3 Å². The fourth-order valence-electron chi connectivity index (χ4n) is 2.96. The van der Waals surface area contributed by atoms with Crippen LogP contribution in [0.2, 0.25) is 0 Å². The number of nitrogens with zero attached hydrogens (tertiary/aromatic N) is 1. The van der Waals surface area contributed by atoms with Crippen LogP contribution in [0, 0.1) is 0 Å². The number of ether oxygens (including phenoxy) is 2. The minimum absolute atomic E-state index is 0.00951. The molecule has 0 bridgehead atoms. The van der Waals surface area contributed by atoms with Crippen molar-refractivity contribution in [2.75, 3.05) is 33.5 Å². The van der Waals surface area contributed by atoms with Gasteiger partial charge in [-0.25, -0.2) is 0 Å². The van der Waals surface area contributed by atoms with E-state index in [9.17, 15) is 4.79 Å². The lowest BCUT2D eigenvalue weighted by atomic mass is 9.93. The maximum atomic E-state index is 12.6. The van der Waals surface area contributed by atoms with E-state index < -0.39 is 0 Å². The highest BCUT2D eigenvalue weighted by molar-refractivity contribution is 7.10. The van der Waals surface area contributed by atoms with Gasteiger partial charge >= 0.3 is 0 Å². The minimum atomic E-state index is -0.00951. The van der Waals surface area contributed by atoms with Crippen LogP contribution in [-0.4, -0.2) is 44.3 Å². The van der Waals surface area contributed by atoms with Gasteiger partial charge in [0.15, 0.2) is 0 Å². The van der Waals surface area contributed by atoms with E-state index in [-0.39, 0.29) is 18.6 Å². The molecule has 2 heterocycles. The number of carbonyl (C=O) groups is 1. The second-order valence-electron chi connectivity index (χ2n) is 5.49. The standard InChI is InChI=1S/C18H21NO3S/c1-21-10-11-22-13-17(20)19-9-7-16-15(8-12-23-16)18(19)14-5-3-2-4-6-14/h2-6,8,12,18H,7,9-11,13H2,1H3. The first kappa shape index (κ1) is 16.2. The molecule has 0 saturated heterocycles. The third kappa shape index (κ3) is 3.63. The molecule has 1 amide bonds. The van der Waals surface area contributed by atoms with Gasteiger partial charge in [0.2, 0.25) is 5.91 Å². The Morgan fingerprint density at radius 2 is 2.09 bits per heavy atom. The smallest absolute Gasteiger partial charge is 0.249 e. The van der Waals surface area contributed by atoms with E-state index in [1.807, 2.05) is 23.1 Å². The normalized spacial score (nSPS) is 17.1. The van der Waals surface area contributed by atoms with Crippen LogP contribution in [0.25, 0.3) is 0 Å². The summed E-state index contributed by atoms with van der Waals surface area (Å²) in [6.07, 6.45) is 0.917. The van der Waals surface area contributed by atoms with E-state index in [0.717, 1.165) is 18.5 Å². The molecule has 0 spiro atoms. The molecular formula is C18H21NO3S. The molecule has 0 fully saturated rings. The van der Waals surface area contributed by atoms with Crippen LogP contribution < -0.4 is 0 Å². The largest absolute Gasteiger partial charge is 0.382 e. The second-order valence-corrected chi connectivity index (χ2v) is 6.50. The zero-order valence-electron chi connectivity index (χ0n) is 13.2. The molecule has 1 atom stereocenters. The Hall–Kier alpha value is -1.69. The fraction of sp³-hybridized carbons (Fsp3) is 0.389. The predicted molar refractivity (Wildman–Crippen MR) is 90.7 cm³/mol. The molecule has 1 aliphatic heterocycles. The SMILES string of the molecule is COCCOCC(=O)N1CCc2sccc2C1c1ccccc1. The van der Waals surface area contributed by atoms with Gasteiger partial charge in [-0.05, 0) is 29.0 Å². The summed E-state index contributed by atoms with van der Waals surface area (Å²) in [5, 5.41) is 2.11. The highest BCUT2D eigenvalue weighted by Crippen LogP contribution is 2.37. The second kappa shape index (κ2) is 7.73. The number of carbonyl (C=O) groups excluding carboxylic acids is 1. The van der Waals surface area contributed by atoms with Crippen LogP contribution in [0.15, 0.2) is 41.8 Å². The van der Waals surface area contributed by atoms with Crippen molar-refractivity contribution >= 4 is 17.2 Å². The van der Waals surface area contributed by atoms with Gasteiger partial charge < -0.3 is 14.4 Å². The van der Waals surface area contributed by atoms with Gasteiger partial charge in [0, 0.05) is 18.5 Å². The molecule has 23 heavy (non-hydrogen) atoms. The lowest BCUT2D eigenvalue weighted by molar-refractivity contribution is -0.138. The van der Waals surface area contributed by atoms with Crippen molar-refractivity contribution < 1.29 is 14.3 Å². The van der Waals surface area contributed by atoms with Gasteiger partial charge in [-0.2, -0.15) is 0 Å². The first-order valence-electron chi connectivity index (χ1n) is 7.78. The molecule has 1 aliphatic rings. The van der Waals surface area contributed by atoms with Crippen molar-refractivity contribution in [3.8, 4) is 0 Å². The van der Waals surface area contributed by atoms with Crippen molar-refractivity contribution in [3.63, 3.8) is 0 Å². The Bertz CT molecular complexity index is 641. The van der Waals surface area contributed by atoms with Gasteiger partial charge in [0.1, 0.15) is 6.61 Å². The van der Waals surface area contributed by atoms with Gasteiger partial charge in [-0.15, -0.1) is 11.3 Å². The Balaban J connectivity index is 1.80. The average Bonchev–Trinajstić information content (AvgIpc) is 3.07. The van der Waals surface area contributed by atoms with E-state index in [0.29, 0.717) is 13.2 Å². The molecule has 1 aromatic heterocycles. The summed E-state index contributed by atoms with van der Waals surface area (Å²) in [6, 6.07) is 12.3. The van der Waals surface area contributed by atoms with E-state index in [1.54, 1.807) is 18.4 Å². The molecule has 122 valence electrons. The quantitative estimate of drug-likeness (QED) is 0.764. The Morgan fingerprint density at radius 1 is 1.26 bits per heavy atom. The Morgan fingerprint density at radius 3 is 2.87 bits per heavy atom. The van der Waals surface area contributed by atoms with Crippen LogP contribution >= 0.6 is 11.3 Å². The number of benzene rings is 1. The summed E-state index contributed by atoms with van der Waals surface area (Å²) < 4.78 is 10.4. The number of thiophene rings is 1. The lowest BCUT2D eigenvalue weighted by Gasteiger charge is -2.36. The van der Waals surface area contributed by atoms with Crippen molar-refractivity contribution in [2.24, 2.45) is 0 Å². The predicted octanol–water partition coefficient (Wildman–Crippen LogP) is 2.89. The number of hydrogen-bond acceptors (Lipinski definition) is 4. The highest BCUT2D eigenvalue weighted by atomic mass is 32.1. The molecule has 2 aromatic rings. The highest BCUT2D eigenvalue weighted by Gasteiger charge is 2.32. The van der Waals surface area contributed by atoms with Crippen LogP contribution in [0.4, 0.5) is 0 Å². The van der Waals surface area contributed by atoms with Crippen molar-refractivity contribution in [3.05, 3.63) is 57.8 Å². The number of hydrogen-bond donors (Lipinski definition) is 0.